The zero-order valence-corrected chi connectivity index (χ0v) is 8.87. The molecule has 0 bridgehead atoms. The van der Waals surface area contributed by atoms with Gasteiger partial charge in [-0.3, -0.25) is 10.1 Å². The van der Waals surface area contributed by atoms with Crippen LogP contribution in [0.1, 0.15) is 0 Å². The molecule has 1 aromatic carbocycles. The van der Waals surface area contributed by atoms with Crippen molar-refractivity contribution in [2.45, 2.75) is 0 Å². The topological polar surface area (TPSA) is 106 Å². The molecule has 0 aliphatic carbocycles. The lowest BCUT2D eigenvalue weighted by Crippen LogP contribution is -1.97. The number of nitrogens with two attached hydrogens (primary N) is 1. The third-order valence-corrected chi connectivity index (χ3v) is 1.79. The number of nitro groups is 1. The van der Waals surface area contributed by atoms with Crippen LogP contribution < -0.4 is 15.8 Å². The van der Waals surface area contributed by atoms with E-state index < -0.39 is 4.92 Å². The summed E-state index contributed by atoms with van der Waals surface area (Å²) in [6.45, 7) is 0. The molecule has 2 aromatic rings. The third kappa shape index (κ3) is 4.61. The van der Waals surface area contributed by atoms with Gasteiger partial charge in [-0.2, -0.15) is 0 Å². The predicted octanol–water partition coefficient (Wildman–Crippen LogP) is 0.751. The monoisotopic (exact) mass is 233 g/mol. The number of aromatic nitrogens is 1. The van der Waals surface area contributed by atoms with Crippen molar-refractivity contribution in [3.05, 3.63) is 58.9 Å². The molecular weight excluding hydrogens is 222 g/mol. The van der Waals surface area contributed by atoms with Crippen LogP contribution in [0.5, 0.6) is 5.75 Å². The zero-order valence-electron chi connectivity index (χ0n) is 8.87. The fourth-order valence-electron chi connectivity index (χ4n) is 0.968. The lowest BCUT2D eigenvalue weighted by atomic mass is 10.3. The van der Waals surface area contributed by atoms with E-state index in [1.54, 1.807) is 24.5 Å². The average Bonchev–Trinajstić information content (AvgIpc) is 2.31. The number of nitro benzene ring substituents is 1. The Hall–Kier alpha value is -2.63. The minimum absolute atomic E-state index is 0.0559. The summed E-state index contributed by atoms with van der Waals surface area (Å²) in [4.78, 5) is 12.3. The number of nitrogen functional groups attached to an aromatic ring is 1. The van der Waals surface area contributed by atoms with Crippen molar-refractivity contribution in [1.82, 2.24) is 0 Å². The highest BCUT2D eigenvalue weighted by atomic mass is 16.6. The molecule has 17 heavy (non-hydrogen) atoms. The van der Waals surface area contributed by atoms with Crippen LogP contribution in [0.4, 0.5) is 11.4 Å². The summed E-state index contributed by atoms with van der Waals surface area (Å²) in [7, 11) is 0. The summed E-state index contributed by atoms with van der Waals surface area (Å²) >= 11 is 0. The molecule has 6 nitrogen and oxygen atoms in total. The smallest absolute Gasteiger partial charge is 0.269 e. The van der Waals surface area contributed by atoms with Gasteiger partial charge in [-0.15, -0.1) is 5.75 Å². The number of hydrogen-bond donors (Lipinski definition) is 1. The van der Waals surface area contributed by atoms with E-state index in [-0.39, 0.29) is 11.4 Å². The summed E-state index contributed by atoms with van der Waals surface area (Å²) in [5.74, 6) is -0.217. The zero-order chi connectivity index (χ0) is 12.7. The number of rotatable bonds is 1. The number of non-ortho nitro benzene ring substituents is 1. The highest BCUT2D eigenvalue weighted by Gasteiger charge is 1.99. The summed E-state index contributed by atoms with van der Waals surface area (Å²) in [5.41, 5.74) is 6.07. The van der Waals surface area contributed by atoms with Crippen LogP contribution in [0.15, 0.2) is 48.8 Å². The number of nitrogens with zero attached hydrogens (tertiary/aromatic N) is 1. The van der Waals surface area contributed by atoms with Gasteiger partial charge >= 0.3 is 0 Å². The molecule has 0 radical (unpaired) electrons. The van der Waals surface area contributed by atoms with Crippen LogP contribution in [-0.2, 0) is 0 Å². The standard InChI is InChI=1S/C6H5NO3.C5H6N2/c8-6-3-1-5(2-4-6)7(9)10;6-5-1-3-7-4-2-5/h1-4,8H;1-4H,(H2,6,7). The minimum Gasteiger partial charge on any atom is -0.872 e. The second-order valence-corrected chi connectivity index (χ2v) is 3.08. The molecule has 1 heterocycles. The van der Waals surface area contributed by atoms with Gasteiger partial charge in [-0.05, 0) is 0 Å². The Morgan fingerprint density at radius 1 is 1.06 bits per heavy atom. The molecule has 0 saturated carbocycles. The molecular formula is C11H11N3O3. The van der Waals surface area contributed by atoms with Gasteiger partial charge in [0.15, 0.2) is 12.4 Å². The summed E-state index contributed by atoms with van der Waals surface area (Å²) in [6.07, 6.45) is 3.57. The van der Waals surface area contributed by atoms with E-state index in [1.165, 1.54) is 12.1 Å². The van der Waals surface area contributed by atoms with Gasteiger partial charge in [0.2, 0.25) is 0 Å². The van der Waals surface area contributed by atoms with Crippen molar-refractivity contribution in [2.24, 2.45) is 0 Å². The van der Waals surface area contributed by atoms with Gasteiger partial charge in [0.05, 0.1) is 4.92 Å². The van der Waals surface area contributed by atoms with E-state index in [0.717, 1.165) is 17.8 Å². The first-order valence-corrected chi connectivity index (χ1v) is 4.72. The Morgan fingerprint density at radius 2 is 1.59 bits per heavy atom. The molecule has 88 valence electrons. The Kier molecular flexibility index (Phi) is 4.44. The minimum atomic E-state index is -0.542. The van der Waals surface area contributed by atoms with Crippen molar-refractivity contribution in [2.75, 3.05) is 5.73 Å². The molecule has 0 spiro atoms. The number of pyridine rings is 1. The Balaban J connectivity index is 0.000000181. The van der Waals surface area contributed by atoms with Crippen molar-refractivity contribution in [1.29, 1.82) is 0 Å². The quantitative estimate of drug-likeness (QED) is 0.579. The summed E-state index contributed by atoms with van der Waals surface area (Å²) in [5, 5.41) is 20.4. The third-order valence-electron chi connectivity index (χ3n) is 1.79. The van der Waals surface area contributed by atoms with E-state index >= 15 is 0 Å². The fraction of sp³-hybridized carbons (Fsp3) is 0. The fourth-order valence-corrected chi connectivity index (χ4v) is 0.968. The lowest BCUT2D eigenvalue weighted by Gasteiger charge is -2.00. The van der Waals surface area contributed by atoms with Crippen LogP contribution in [0.2, 0.25) is 0 Å². The number of nitrogens with one attached hydrogen (secondary N) is 1. The average molecular weight is 233 g/mol. The van der Waals surface area contributed by atoms with Gasteiger partial charge < -0.3 is 10.8 Å². The van der Waals surface area contributed by atoms with Crippen LogP contribution in [-0.4, -0.2) is 4.92 Å². The second kappa shape index (κ2) is 6.06. The maximum Gasteiger partial charge on any atom is 0.269 e. The first-order valence-electron chi connectivity index (χ1n) is 4.72. The Morgan fingerprint density at radius 3 is 1.94 bits per heavy atom. The van der Waals surface area contributed by atoms with Crippen molar-refractivity contribution in [3.8, 4) is 5.75 Å². The number of benzene rings is 1. The van der Waals surface area contributed by atoms with Crippen molar-refractivity contribution >= 4 is 11.4 Å². The maximum atomic E-state index is 10.4. The van der Waals surface area contributed by atoms with Crippen LogP contribution in [0.3, 0.4) is 0 Å². The molecule has 3 N–H and O–H groups in total. The van der Waals surface area contributed by atoms with E-state index in [2.05, 4.69) is 4.98 Å². The second-order valence-electron chi connectivity index (χ2n) is 3.08. The summed E-state index contributed by atoms with van der Waals surface area (Å²) < 4.78 is 0. The first kappa shape index (κ1) is 12.4. The number of anilines is 1. The van der Waals surface area contributed by atoms with Crippen molar-refractivity contribution < 1.29 is 15.0 Å². The molecule has 6 heteroatoms. The van der Waals surface area contributed by atoms with E-state index in [1.807, 2.05) is 0 Å². The number of H-pyrrole nitrogens is 1. The largest absolute Gasteiger partial charge is 0.872 e. The molecule has 0 aliphatic heterocycles. The van der Waals surface area contributed by atoms with Crippen LogP contribution in [0.25, 0.3) is 0 Å². The van der Waals surface area contributed by atoms with Gasteiger partial charge in [-0.25, -0.2) is 4.98 Å². The summed E-state index contributed by atoms with van der Waals surface area (Å²) in [6, 6.07) is 8.31. The predicted molar refractivity (Wildman–Crippen MR) is 60.0 cm³/mol. The van der Waals surface area contributed by atoms with E-state index in [0.29, 0.717) is 0 Å². The molecule has 0 amide bonds. The molecule has 0 atom stereocenters. The van der Waals surface area contributed by atoms with Gasteiger partial charge in [0, 0.05) is 30.0 Å². The molecule has 0 saturated heterocycles. The van der Waals surface area contributed by atoms with Gasteiger partial charge in [-0.1, -0.05) is 12.1 Å². The van der Waals surface area contributed by atoms with Gasteiger partial charge in [0.25, 0.3) is 5.69 Å². The Labute approximate surface area is 97.5 Å². The molecule has 1 aromatic heterocycles. The van der Waals surface area contributed by atoms with E-state index in [4.69, 9.17) is 5.73 Å². The maximum absolute atomic E-state index is 10.4. The highest BCUT2D eigenvalue weighted by Crippen LogP contribution is 2.12. The Bertz CT molecular complexity index is 471. The van der Waals surface area contributed by atoms with Crippen LogP contribution in [0, 0.1) is 10.1 Å². The number of hydrogen-bond acceptors (Lipinski definition) is 4. The highest BCUT2D eigenvalue weighted by molar-refractivity contribution is 5.34. The SMILES string of the molecule is Nc1cc[nH+]cc1.O=[N+]([O-])c1ccc([O-])cc1. The van der Waals surface area contributed by atoms with Crippen LogP contribution >= 0.6 is 0 Å². The molecule has 0 aliphatic rings. The first-order chi connectivity index (χ1) is 8.09. The van der Waals surface area contributed by atoms with E-state index in [9.17, 15) is 15.2 Å². The lowest BCUT2D eigenvalue weighted by molar-refractivity contribution is -0.385. The van der Waals surface area contributed by atoms with Gasteiger partial charge in [0.1, 0.15) is 0 Å². The number of aromatic amines is 1. The normalized spacial score (nSPS) is 8.94. The molecule has 0 fully saturated rings. The molecule has 2 rings (SSSR count). The van der Waals surface area contributed by atoms with Crippen molar-refractivity contribution in [3.63, 3.8) is 0 Å². The molecule has 0 unspecified atom stereocenters.